The predicted molar refractivity (Wildman–Crippen MR) is 98.6 cm³/mol. The molecular weight excluding hydrogens is 391 g/mol. The van der Waals surface area contributed by atoms with Crippen LogP contribution in [0.5, 0.6) is 5.75 Å². The molecule has 1 saturated carbocycles. The molecule has 29 heavy (non-hydrogen) atoms. The number of carbonyl (C=O) groups is 2. The molecular formula is C19H24F3N3O4. The number of nitrogens with one attached hydrogen (secondary N) is 1. The number of urea groups is 1. The van der Waals surface area contributed by atoms with E-state index >= 15 is 0 Å². The van der Waals surface area contributed by atoms with Gasteiger partial charge in [-0.1, -0.05) is 6.07 Å². The molecule has 2 fully saturated rings. The Hall–Kier alpha value is -2.49. The Bertz CT molecular complexity index is 752. The third kappa shape index (κ3) is 5.11. The number of ether oxygens (including phenoxy) is 2. The predicted octanol–water partition coefficient (Wildman–Crippen LogP) is 2.90. The maximum atomic E-state index is 12.7. The highest BCUT2D eigenvalue weighted by atomic mass is 19.4. The highest BCUT2D eigenvalue weighted by Gasteiger charge is 2.38. The molecule has 3 rings (SSSR count). The van der Waals surface area contributed by atoms with Crippen LogP contribution in [0.2, 0.25) is 0 Å². The van der Waals surface area contributed by atoms with E-state index in [0.717, 1.165) is 18.9 Å². The molecule has 1 aliphatic carbocycles. The molecule has 1 N–H and O–H groups in total. The molecule has 7 nitrogen and oxygen atoms in total. The third-order valence-corrected chi connectivity index (χ3v) is 5.21. The van der Waals surface area contributed by atoms with Crippen LogP contribution in [0.25, 0.3) is 0 Å². The van der Waals surface area contributed by atoms with Crippen LogP contribution in [0.3, 0.4) is 0 Å². The molecule has 1 aromatic rings. The Balaban J connectivity index is 1.56. The SMILES string of the molecule is CCOC1CC(N(C)C(=O)NC2CCN(c3cccc(OC(F)(F)F)c3)C2=O)C1. The van der Waals surface area contributed by atoms with Crippen molar-refractivity contribution in [2.24, 2.45) is 0 Å². The molecule has 10 heteroatoms. The molecule has 2 aliphatic rings. The van der Waals surface area contributed by atoms with Crippen LogP contribution in [0.4, 0.5) is 23.7 Å². The molecule has 160 valence electrons. The van der Waals surface area contributed by atoms with Gasteiger partial charge in [0.25, 0.3) is 0 Å². The van der Waals surface area contributed by atoms with Crippen molar-refractivity contribution in [1.29, 1.82) is 0 Å². The molecule has 1 aromatic carbocycles. The Morgan fingerprint density at radius 2 is 2.07 bits per heavy atom. The average Bonchev–Trinajstić information content (AvgIpc) is 2.96. The zero-order chi connectivity index (χ0) is 21.2. The van der Waals surface area contributed by atoms with E-state index in [0.29, 0.717) is 25.3 Å². The summed E-state index contributed by atoms with van der Waals surface area (Å²) in [6, 6.07) is 4.23. The number of carbonyl (C=O) groups excluding carboxylic acids is 2. The van der Waals surface area contributed by atoms with Gasteiger partial charge in [-0.3, -0.25) is 4.79 Å². The minimum atomic E-state index is -4.81. The summed E-state index contributed by atoms with van der Waals surface area (Å²) in [5, 5.41) is 2.72. The van der Waals surface area contributed by atoms with Crippen LogP contribution in [-0.2, 0) is 9.53 Å². The molecule has 1 aliphatic heterocycles. The average molecular weight is 415 g/mol. The van der Waals surface area contributed by atoms with Crippen LogP contribution in [-0.4, -0.2) is 61.6 Å². The van der Waals surface area contributed by atoms with Gasteiger partial charge in [0.05, 0.1) is 6.10 Å². The van der Waals surface area contributed by atoms with Crippen LogP contribution in [0.1, 0.15) is 26.2 Å². The minimum absolute atomic E-state index is 0.0651. The number of benzene rings is 1. The highest BCUT2D eigenvalue weighted by Crippen LogP contribution is 2.30. The molecule has 1 saturated heterocycles. The first-order chi connectivity index (χ1) is 13.7. The van der Waals surface area contributed by atoms with Gasteiger partial charge in [-0.05, 0) is 38.3 Å². The third-order valence-electron chi connectivity index (χ3n) is 5.21. The van der Waals surface area contributed by atoms with Gasteiger partial charge in [-0.25, -0.2) is 4.79 Å². The van der Waals surface area contributed by atoms with E-state index in [9.17, 15) is 22.8 Å². The maximum Gasteiger partial charge on any atom is 0.573 e. The summed E-state index contributed by atoms with van der Waals surface area (Å²) < 4.78 is 46.6. The number of nitrogens with zero attached hydrogens (tertiary/aromatic N) is 2. The fraction of sp³-hybridized carbons (Fsp3) is 0.579. The second-order valence-corrected chi connectivity index (χ2v) is 7.14. The van der Waals surface area contributed by atoms with Crippen molar-refractivity contribution in [1.82, 2.24) is 10.2 Å². The Kier molecular flexibility index (Phi) is 6.21. The van der Waals surface area contributed by atoms with E-state index in [1.54, 1.807) is 11.9 Å². The lowest BCUT2D eigenvalue weighted by atomic mass is 9.88. The van der Waals surface area contributed by atoms with Gasteiger partial charge >= 0.3 is 12.4 Å². The zero-order valence-corrected chi connectivity index (χ0v) is 16.2. The molecule has 0 spiro atoms. The van der Waals surface area contributed by atoms with Crippen LogP contribution >= 0.6 is 0 Å². The normalized spacial score (nSPS) is 24.2. The summed E-state index contributed by atoms with van der Waals surface area (Å²) in [5.41, 5.74) is 0.292. The molecule has 0 bridgehead atoms. The number of rotatable bonds is 6. The summed E-state index contributed by atoms with van der Waals surface area (Å²) in [6.07, 6.45) is -2.76. The number of amides is 3. The first-order valence-electron chi connectivity index (χ1n) is 9.50. The van der Waals surface area contributed by atoms with Crippen LogP contribution in [0.15, 0.2) is 24.3 Å². The van der Waals surface area contributed by atoms with Gasteiger partial charge in [0, 0.05) is 38.0 Å². The van der Waals surface area contributed by atoms with Crippen LogP contribution < -0.4 is 15.0 Å². The number of hydrogen-bond acceptors (Lipinski definition) is 4. The second kappa shape index (κ2) is 8.48. The van der Waals surface area contributed by atoms with E-state index < -0.39 is 18.2 Å². The monoisotopic (exact) mass is 415 g/mol. The highest BCUT2D eigenvalue weighted by molar-refractivity contribution is 6.01. The fourth-order valence-electron chi connectivity index (χ4n) is 3.56. The lowest BCUT2D eigenvalue weighted by Gasteiger charge is -2.40. The van der Waals surface area contributed by atoms with Crippen molar-refractivity contribution in [3.63, 3.8) is 0 Å². The number of anilines is 1. The quantitative estimate of drug-likeness (QED) is 0.776. The maximum absolute atomic E-state index is 12.7. The fourth-order valence-corrected chi connectivity index (χ4v) is 3.56. The number of hydrogen-bond donors (Lipinski definition) is 1. The van der Waals surface area contributed by atoms with Gasteiger partial charge < -0.3 is 24.6 Å². The van der Waals surface area contributed by atoms with Crippen molar-refractivity contribution in [3.8, 4) is 5.75 Å². The Morgan fingerprint density at radius 3 is 2.72 bits per heavy atom. The Morgan fingerprint density at radius 1 is 1.34 bits per heavy atom. The van der Waals surface area contributed by atoms with Gasteiger partial charge in [0.1, 0.15) is 11.8 Å². The summed E-state index contributed by atoms with van der Waals surface area (Å²) in [4.78, 5) is 28.0. The van der Waals surface area contributed by atoms with E-state index in [2.05, 4.69) is 10.1 Å². The van der Waals surface area contributed by atoms with E-state index in [1.807, 2.05) is 6.92 Å². The molecule has 0 aromatic heterocycles. The standard InChI is InChI=1S/C19H24F3N3O4/c1-3-28-15-10-13(11-15)24(2)18(27)23-16-7-8-25(17(16)26)12-5-4-6-14(9-12)29-19(20,21)22/h4-6,9,13,15-16H,3,7-8,10-11H2,1-2H3,(H,23,27). The number of alkyl halides is 3. The summed E-state index contributed by atoms with van der Waals surface area (Å²) in [6.45, 7) is 2.85. The lowest BCUT2D eigenvalue weighted by Crippen LogP contribution is -2.54. The minimum Gasteiger partial charge on any atom is -0.406 e. The second-order valence-electron chi connectivity index (χ2n) is 7.14. The van der Waals surface area contributed by atoms with E-state index in [-0.39, 0.29) is 24.1 Å². The topological polar surface area (TPSA) is 71.1 Å². The van der Waals surface area contributed by atoms with Gasteiger partial charge in [-0.15, -0.1) is 13.2 Å². The van der Waals surface area contributed by atoms with Crippen molar-refractivity contribution < 1.29 is 32.2 Å². The molecule has 1 atom stereocenters. The van der Waals surface area contributed by atoms with Crippen molar-refractivity contribution in [2.75, 3.05) is 25.1 Å². The number of halogens is 3. The first-order valence-corrected chi connectivity index (χ1v) is 9.50. The van der Waals surface area contributed by atoms with Gasteiger partial charge in [0.15, 0.2) is 0 Å². The molecule has 0 radical (unpaired) electrons. The van der Waals surface area contributed by atoms with E-state index in [1.165, 1.54) is 23.1 Å². The smallest absolute Gasteiger partial charge is 0.406 e. The summed E-state index contributed by atoms with van der Waals surface area (Å²) in [7, 11) is 1.68. The largest absolute Gasteiger partial charge is 0.573 e. The van der Waals surface area contributed by atoms with Gasteiger partial charge in [0.2, 0.25) is 5.91 Å². The van der Waals surface area contributed by atoms with Gasteiger partial charge in [-0.2, -0.15) is 0 Å². The first kappa shape index (κ1) is 21.2. The van der Waals surface area contributed by atoms with Crippen molar-refractivity contribution in [3.05, 3.63) is 24.3 Å². The van der Waals surface area contributed by atoms with Crippen LogP contribution in [0, 0.1) is 0 Å². The summed E-state index contributed by atoms with van der Waals surface area (Å²) in [5.74, 6) is -0.763. The van der Waals surface area contributed by atoms with E-state index in [4.69, 9.17) is 4.74 Å². The Labute approximate surface area is 166 Å². The zero-order valence-electron chi connectivity index (χ0n) is 16.2. The molecule has 1 heterocycles. The lowest BCUT2D eigenvalue weighted by molar-refractivity contribution is -0.274. The van der Waals surface area contributed by atoms with Crippen molar-refractivity contribution in [2.45, 2.75) is 50.7 Å². The molecule has 3 amide bonds. The van der Waals surface area contributed by atoms with Crippen molar-refractivity contribution >= 4 is 17.6 Å². The summed E-state index contributed by atoms with van der Waals surface area (Å²) >= 11 is 0. The molecule has 1 unspecified atom stereocenters.